The topological polar surface area (TPSA) is 26.3 Å². The molecule has 2 nitrogen and oxygen atoms in total. The molecular formula is C11H18O2. The van der Waals surface area contributed by atoms with Gasteiger partial charge in [0.25, 0.3) is 0 Å². The largest absolute Gasteiger partial charge is 0.462 e. The van der Waals surface area contributed by atoms with Crippen LogP contribution in [0.1, 0.15) is 40.0 Å². The molecule has 2 aliphatic rings. The fourth-order valence-electron chi connectivity index (χ4n) is 2.67. The Hall–Kier alpha value is -0.530. The molecule has 1 aliphatic carbocycles. The van der Waals surface area contributed by atoms with Crippen LogP contribution in [0.2, 0.25) is 0 Å². The van der Waals surface area contributed by atoms with Crippen LogP contribution < -0.4 is 0 Å². The molecular weight excluding hydrogens is 164 g/mol. The van der Waals surface area contributed by atoms with Crippen LogP contribution in [0.3, 0.4) is 0 Å². The highest BCUT2D eigenvalue weighted by Gasteiger charge is 2.46. The summed E-state index contributed by atoms with van der Waals surface area (Å²) in [5, 5.41) is 0. The van der Waals surface area contributed by atoms with Crippen LogP contribution in [0.4, 0.5) is 0 Å². The fraction of sp³-hybridized carbons (Fsp3) is 0.909. The summed E-state index contributed by atoms with van der Waals surface area (Å²) in [6.07, 6.45) is 3.65. The van der Waals surface area contributed by atoms with Crippen molar-refractivity contribution in [3.05, 3.63) is 0 Å². The van der Waals surface area contributed by atoms with E-state index < -0.39 is 0 Å². The Balaban J connectivity index is 2.12. The number of rotatable bonds is 0. The maximum absolute atomic E-state index is 11.3. The highest BCUT2D eigenvalue weighted by molar-refractivity contribution is 5.74. The maximum atomic E-state index is 11.3. The summed E-state index contributed by atoms with van der Waals surface area (Å²) in [4.78, 5) is 11.3. The first kappa shape index (κ1) is 9.04. The third kappa shape index (κ3) is 1.47. The van der Waals surface area contributed by atoms with Gasteiger partial charge in [0.2, 0.25) is 0 Å². The number of ether oxygens (including phenoxy) is 1. The lowest BCUT2D eigenvalue weighted by Gasteiger charge is -2.36. The molecule has 0 bridgehead atoms. The first-order chi connectivity index (χ1) is 5.99. The molecule has 2 fully saturated rings. The van der Waals surface area contributed by atoms with Crippen LogP contribution >= 0.6 is 0 Å². The number of hydrogen-bond donors (Lipinski definition) is 0. The van der Waals surface area contributed by atoms with Crippen LogP contribution in [0, 0.1) is 17.3 Å². The SMILES string of the molecule is CC1C(=O)O[C@H]2CC(C)(C)CC[C@H]12. The quantitative estimate of drug-likeness (QED) is 0.538. The maximum Gasteiger partial charge on any atom is 0.309 e. The normalized spacial score (nSPS) is 42.7. The van der Waals surface area contributed by atoms with Gasteiger partial charge in [0.15, 0.2) is 0 Å². The second kappa shape index (κ2) is 2.73. The first-order valence-corrected chi connectivity index (χ1v) is 5.20. The summed E-state index contributed by atoms with van der Waals surface area (Å²) in [5.41, 5.74) is 0.367. The Morgan fingerprint density at radius 1 is 1.46 bits per heavy atom. The van der Waals surface area contributed by atoms with Crippen molar-refractivity contribution < 1.29 is 9.53 Å². The van der Waals surface area contributed by atoms with Crippen LogP contribution in [-0.2, 0) is 9.53 Å². The molecule has 1 saturated heterocycles. The fourth-order valence-corrected chi connectivity index (χ4v) is 2.67. The van der Waals surface area contributed by atoms with Gasteiger partial charge in [-0.25, -0.2) is 0 Å². The summed E-state index contributed by atoms with van der Waals surface area (Å²) < 4.78 is 5.37. The molecule has 0 radical (unpaired) electrons. The van der Waals surface area contributed by atoms with Gasteiger partial charge in [0.1, 0.15) is 6.10 Å². The van der Waals surface area contributed by atoms with Crippen molar-refractivity contribution in [2.24, 2.45) is 17.3 Å². The summed E-state index contributed by atoms with van der Waals surface area (Å²) >= 11 is 0. The van der Waals surface area contributed by atoms with E-state index in [2.05, 4.69) is 13.8 Å². The van der Waals surface area contributed by atoms with Crippen molar-refractivity contribution in [3.63, 3.8) is 0 Å². The van der Waals surface area contributed by atoms with E-state index in [4.69, 9.17) is 4.74 Å². The third-order valence-corrected chi connectivity index (χ3v) is 3.67. The van der Waals surface area contributed by atoms with Gasteiger partial charge in [-0.05, 0) is 24.7 Å². The van der Waals surface area contributed by atoms with E-state index in [-0.39, 0.29) is 18.0 Å². The van der Waals surface area contributed by atoms with E-state index in [9.17, 15) is 4.79 Å². The Bertz CT molecular complexity index is 232. The number of carbonyl (C=O) groups is 1. The molecule has 0 amide bonds. The molecule has 13 heavy (non-hydrogen) atoms. The van der Waals surface area contributed by atoms with E-state index in [0.717, 1.165) is 12.8 Å². The van der Waals surface area contributed by atoms with Crippen LogP contribution in [0.5, 0.6) is 0 Å². The van der Waals surface area contributed by atoms with E-state index in [0.29, 0.717) is 11.3 Å². The molecule has 0 N–H and O–H groups in total. The van der Waals surface area contributed by atoms with Crippen molar-refractivity contribution in [1.82, 2.24) is 0 Å². The minimum absolute atomic E-state index is 0.0210. The zero-order valence-electron chi connectivity index (χ0n) is 8.67. The molecule has 2 rings (SSSR count). The van der Waals surface area contributed by atoms with Crippen LogP contribution in [-0.4, -0.2) is 12.1 Å². The van der Waals surface area contributed by atoms with E-state index >= 15 is 0 Å². The zero-order valence-corrected chi connectivity index (χ0v) is 8.67. The Kier molecular flexibility index (Phi) is 1.90. The van der Waals surface area contributed by atoms with Gasteiger partial charge in [-0.1, -0.05) is 20.8 Å². The first-order valence-electron chi connectivity index (χ1n) is 5.20. The average Bonchev–Trinajstić information content (AvgIpc) is 2.25. The van der Waals surface area contributed by atoms with Gasteiger partial charge in [-0.15, -0.1) is 0 Å². The summed E-state index contributed by atoms with van der Waals surface area (Å²) in [5.74, 6) is 0.661. The molecule has 1 unspecified atom stereocenters. The van der Waals surface area contributed by atoms with Crippen molar-refractivity contribution in [3.8, 4) is 0 Å². The Labute approximate surface area is 79.7 Å². The van der Waals surface area contributed by atoms with Gasteiger partial charge in [0, 0.05) is 5.92 Å². The molecule has 0 spiro atoms. The molecule has 1 aliphatic heterocycles. The standard InChI is InChI=1S/C11H18O2/c1-7-8-4-5-11(2,3)6-9(8)13-10(7)12/h7-9H,4-6H2,1-3H3/t7?,8-,9+/m1/s1. The van der Waals surface area contributed by atoms with E-state index in [1.807, 2.05) is 6.92 Å². The number of fused-ring (bicyclic) bond motifs is 1. The highest BCUT2D eigenvalue weighted by atomic mass is 16.6. The summed E-state index contributed by atoms with van der Waals surface area (Å²) in [6.45, 7) is 6.53. The van der Waals surface area contributed by atoms with E-state index in [1.54, 1.807) is 0 Å². The monoisotopic (exact) mass is 182 g/mol. The molecule has 74 valence electrons. The Morgan fingerprint density at radius 3 is 2.85 bits per heavy atom. The van der Waals surface area contributed by atoms with Crippen LogP contribution in [0.25, 0.3) is 0 Å². The van der Waals surface area contributed by atoms with Gasteiger partial charge in [-0.2, -0.15) is 0 Å². The lowest BCUT2D eigenvalue weighted by Crippen LogP contribution is -2.32. The van der Waals surface area contributed by atoms with E-state index in [1.165, 1.54) is 6.42 Å². The minimum Gasteiger partial charge on any atom is -0.462 e. The molecule has 3 atom stereocenters. The number of esters is 1. The smallest absolute Gasteiger partial charge is 0.309 e. The molecule has 2 heteroatoms. The molecule has 0 aromatic carbocycles. The van der Waals surface area contributed by atoms with Crippen LogP contribution in [0.15, 0.2) is 0 Å². The van der Waals surface area contributed by atoms with Gasteiger partial charge in [-0.3, -0.25) is 4.79 Å². The number of hydrogen-bond acceptors (Lipinski definition) is 2. The highest BCUT2D eigenvalue weighted by Crippen LogP contribution is 2.45. The van der Waals surface area contributed by atoms with Gasteiger partial charge in [0.05, 0.1) is 5.92 Å². The van der Waals surface area contributed by atoms with Gasteiger partial charge >= 0.3 is 5.97 Å². The third-order valence-electron chi connectivity index (χ3n) is 3.67. The minimum atomic E-state index is 0.0210. The molecule has 1 heterocycles. The second-order valence-corrected chi connectivity index (χ2v) is 5.33. The lowest BCUT2D eigenvalue weighted by atomic mass is 9.69. The zero-order chi connectivity index (χ0) is 9.64. The van der Waals surface area contributed by atoms with Crippen molar-refractivity contribution in [1.29, 1.82) is 0 Å². The molecule has 1 saturated carbocycles. The second-order valence-electron chi connectivity index (χ2n) is 5.33. The molecule has 0 aromatic heterocycles. The van der Waals surface area contributed by atoms with Crippen molar-refractivity contribution >= 4 is 5.97 Å². The lowest BCUT2D eigenvalue weighted by molar-refractivity contribution is -0.145. The predicted molar refractivity (Wildman–Crippen MR) is 50.2 cm³/mol. The summed E-state index contributed by atoms with van der Waals surface area (Å²) in [7, 11) is 0. The van der Waals surface area contributed by atoms with Crippen molar-refractivity contribution in [2.45, 2.75) is 46.1 Å². The average molecular weight is 182 g/mol. The van der Waals surface area contributed by atoms with Crippen molar-refractivity contribution in [2.75, 3.05) is 0 Å². The summed E-state index contributed by atoms with van der Waals surface area (Å²) in [6, 6.07) is 0. The molecule has 0 aromatic rings. The Morgan fingerprint density at radius 2 is 2.15 bits per heavy atom. The number of carbonyl (C=O) groups excluding carboxylic acids is 1. The van der Waals surface area contributed by atoms with Gasteiger partial charge < -0.3 is 4.74 Å². The predicted octanol–water partition coefficient (Wildman–Crippen LogP) is 2.37.